The largest absolute Gasteiger partial charge is 0.489 e. The van der Waals surface area contributed by atoms with Crippen LogP contribution in [0.15, 0.2) is 30.6 Å². The Labute approximate surface area is 136 Å². The van der Waals surface area contributed by atoms with Crippen molar-refractivity contribution in [2.45, 2.75) is 32.8 Å². The number of ether oxygens (including phenoxy) is 1. The first kappa shape index (κ1) is 15.3. The number of nitriles is 1. The van der Waals surface area contributed by atoms with Crippen LogP contribution in [0.4, 0.5) is 5.82 Å². The average molecular weight is 308 g/mol. The van der Waals surface area contributed by atoms with Crippen LogP contribution < -0.4 is 9.64 Å². The molecule has 1 aliphatic heterocycles. The van der Waals surface area contributed by atoms with E-state index in [-0.39, 0.29) is 6.10 Å². The Morgan fingerprint density at radius 1 is 1.30 bits per heavy atom. The number of nitrogens with zero attached hydrogens (tertiary/aromatic N) is 4. The van der Waals surface area contributed by atoms with Crippen LogP contribution in [0.2, 0.25) is 0 Å². The zero-order valence-corrected chi connectivity index (χ0v) is 13.5. The van der Waals surface area contributed by atoms with Crippen molar-refractivity contribution < 1.29 is 4.74 Å². The van der Waals surface area contributed by atoms with Gasteiger partial charge in [0.25, 0.3) is 0 Å². The molecule has 5 heteroatoms. The first-order valence-electron chi connectivity index (χ1n) is 7.87. The molecule has 0 bridgehead atoms. The predicted octanol–water partition coefficient (Wildman–Crippen LogP) is 3.01. The van der Waals surface area contributed by atoms with Gasteiger partial charge in [-0.05, 0) is 37.6 Å². The topological polar surface area (TPSA) is 62.0 Å². The number of piperidine rings is 1. The Balaban J connectivity index is 1.64. The summed E-state index contributed by atoms with van der Waals surface area (Å²) in [6, 6.07) is 8.05. The third-order valence-electron chi connectivity index (χ3n) is 4.20. The molecule has 0 radical (unpaired) electrons. The van der Waals surface area contributed by atoms with E-state index in [0.717, 1.165) is 48.8 Å². The third-order valence-corrected chi connectivity index (χ3v) is 4.20. The fourth-order valence-electron chi connectivity index (χ4n) is 2.95. The summed E-state index contributed by atoms with van der Waals surface area (Å²) in [5, 5.41) is 9.15. The lowest BCUT2D eigenvalue weighted by Crippen LogP contribution is -2.38. The predicted molar refractivity (Wildman–Crippen MR) is 88.5 cm³/mol. The lowest BCUT2D eigenvalue weighted by atomic mass is 10.1. The van der Waals surface area contributed by atoms with Crippen LogP contribution in [0.5, 0.6) is 5.75 Å². The van der Waals surface area contributed by atoms with Gasteiger partial charge in [-0.15, -0.1) is 0 Å². The van der Waals surface area contributed by atoms with Crippen LogP contribution in [0.25, 0.3) is 0 Å². The molecule has 3 heterocycles. The second-order valence-corrected chi connectivity index (χ2v) is 5.86. The molecule has 2 aromatic heterocycles. The van der Waals surface area contributed by atoms with E-state index < -0.39 is 0 Å². The lowest BCUT2D eigenvalue weighted by Gasteiger charge is -2.33. The van der Waals surface area contributed by atoms with Crippen molar-refractivity contribution in [3.8, 4) is 11.8 Å². The Kier molecular flexibility index (Phi) is 4.42. The maximum Gasteiger partial charge on any atom is 0.137 e. The average Bonchev–Trinajstić information content (AvgIpc) is 2.56. The summed E-state index contributed by atoms with van der Waals surface area (Å²) < 4.78 is 5.97. The van der Waals surface area contributed by atoms with Gasteiger partial charge in [0.2, 0.25) is 0 Å². The molecule has 0 aromatic carbocycles. The van der Waals surface area contributed by atoms with Crippen LogP contribution in [0.1, 0.15) is 29.7 Å². The molecule has 0 N–H and O–H groups in total. The van der Waals surface area contributed by atoms with Crippen molar-refractivity contribution in [2.24, 2.45) is 0 Å². The van der Waals surface area contributed by atoms with Gasteiger partial charge in [-0.2, -0.15) is 5.26 Å². The Bertz CT molecular complexity index is 693. The van der Waals surface area contributed by atoms with E-state index in [4.69, 9.17) is 10.00 Å². The number of anilines is 1. The Morgan fingerprint density at radius 3 is 2.70 bits per heavy atom. The minimum absolute atomic E-state index is 0.219. The van der Waals surface area contributed by atoms with Gasteiger partial charge in [0.05, 0.1) is 17.5 Å². The van der Waals surface area contributed by atoms with E-state index in [0.29, 0.717) is 5.56 Å². The maximum absolute atomic E-state index is 9.15. The zero-order chi connectivity index (χ0) is 16.2. The van der Waals surface area contributed by atoms with Crippen LogP contribution in [-0.4, -0.2) is 29.2 Å². The molecule has 2 aromatic rings. The number of rotatable bonds is 3. The molecule has 1 fully saturated rings. The van der Waals surface area contributed by atoms with Gasteiger partial charge in [-0.3, -0.25) is 4.98 Å². The Morgan fingerprint density at radius 2 is 2.09 bits per heavy atom. The fraction of sp³-hybridized carbons (Fsp3) is 0.389. The highest BCUT2D eigenvalue weighted by atomic mass is 16.5. The quantitative estimate of drug-likeness (QED) is 0.872. The summed E-state index contributed by atoms with van der Waals surface area (Å²) in [5.74, 6) is 1.79. The molecule has 1 aliphatic rings. The number of hydrogen-bond donors (Lipinski definition) is 0. The summed E-state index contributed by atoms with van der Waals surface area (Å²) in [4.78, 5) is 10.9. The standard InChI is InChI=1S/C18H20N4O/c1-13-10-18(21-14(2)17(13)11-19)22-8-5-15(6-9-22)23-16-4-3-7-20-12-16/h3-4,7,10,12,15H,5-6,8-9H2,1-2H3. The van der Waals surface area contributed by atoms with E-state index in [2.05, 4.69) is 20.9 Å². The Hall–Kier alpha value is -2.61. The molecule has 0 aliphatic carbocycles. The van der Waals surface area contributed by atoms with E-state index in [1.165, 1.54) is 0 Å². The molecule has 118 valence electrons. The molecule has 5 nitrogen and oxygen atoms in total. The van der Waals surface area contributed by atoms with Crippen LogP contribution in [0, 0.1) is 25.2 Å². The fourth-order valence-corrected chi connectivity index (χ4v) is 2.95. The highest BCUT2D eigenvalue weighted by Gasteiger charge is 2.22. The summed E-state index contributed by atoms with van der Waals surface area (Å²) >= 11 is 0. The summed E-state index contributed by atoms with van der Waals surface area (Å²) in [6.07, 6.45) is 5.62. The van der Waals surface area contributed by atoms with Gasteiger partial charge >= 0.3 is 0 Å². The summed E-state index contributed by atoms with van der Waals surface area (Å²) in [6.45, 7) is 5.67. The molecule has 3 rings (SSSR count). The molecule has 0 spiro atoms. The monoisotopic (exact) mass is 308 g/mol. The van der Waals surface area contributed by atoms with Gasteiger partial charge in [0.15, 0.2) is 0 Å². The summed E-state index contributed by atoms with van der Waals surface area (Å²) in [7, 11) is 0. The van der Waals surface area contributed by atoms with Gasteiger partial charge in [0.1, 0.15) is 23.7 Å². The van der Waals surface area contributed by atoms with Crippen molar-refractivity contribution in [3.05, 3.63) is 47.4 Å². The smallest absolute Gasteiger partial charge is 0.137 e. The SMILES string of the molecule is Cc1cc(N2CCC(Oc3cccnc3)CC2)nc(C)c1C#N. The van der Waals surface area contributed by atoms with Crippen LogP contribution in [-0.2, 0) is 0 Å². The zero-order valence-electron chi connectivity index (χ0n) is 13.5. The highest BCUT2D eigenvalue weighted by molar-refractivity contribution is 5.50. The summed E-state index contributed by atoms with van der Waals surface area (Å²) in [5.41, 5.74) is 2.48. The molecule has 0 atom stereocenters. The molecular formula is C18H20N4O. The lowest BCUT2D eigenvalue weighted by molar-refractivity contribution is 0.170. The molecule has 23 heavy (non-hydrogen) atoms. The molecule has 0 unspecified atom stereocenters. The highest BCUT2D eigenvalue weighted by Crippen LogP contribution is 2.24. The number of aromatic nitrogens is 2. The number of pyridine rings is 2. The second kappa shape index (κ2) is 6.66. The first-order chi connectivity index (χ1) is 11.2. The van der Waals surface area contributed by atoms with Crippen molar-refractivity contribution in [3.63, 3.8) is 0 Å². The van der Waals surface area contributed by atoms with Crippen LogP contribution in [0.3, 0.4) is 0 Å². The third kappa shape index (κ3) is 3.42. The second-order valence-electron chi connectivity index (χ2n) is 5.86. The first-order valence-corrected chi connectivity index (χ1v) is 7.87. The van der Waals surface area contributed by atoms with Gasteiger partial charge < -0.3 is 9.64 Å². The maximum atomic E-state index is 9.15. The van der Waals surface area contributed by atoms with Crippen molar-refractivity contribution in [2.75, 3.05) is 18.0 Å². The van der Waals surface area contributed by atoms with Gasteiger partial charge in [0, 0.05) is 32.1 Å². The van der Waals surface area contributed by atoms with E-state index in [9.17, 15) is 0 Å². The number of aryl methyl sites for hydroxylation is 2. The molecular weight excluding hydrogens is 288 g/mol. The minimum atomic E-state index is 0.219. The van der Waals surface area contributed by atoms with Gasteiger partial charge in [-0.1, -0.05) is 0 Å². The number of hydrogen-bond acceptors (Lipinski definition) is 5. The molecule has 0 amide bonds. The van der Waals surface area contributed by atoms with Crippen molar-refractivity contribution in [1.82, 2.24) is 9.97 Å². The van der Waals surface area contributed by atoms with Crippen molar-refractivity contribution in [1.29, 1.82) is 5.26 Å². The minimum Gasteiger partial charge on any atom is -0.489 e. The molecule has 1 saturated heterocycles. The normalized spacial score (nSPS) is 15.3. The van der Waals surface area contributed by atoms with Crippen LogP contribution >= 0.6 is 0 Å². The van der Waals surface area contributed by atoms with E-state index >= 15 is 0 Å². The van der Waals surface area contributed by atoms with Crippen molar-refractivity contribution >= 4 is 5.82 Å². The van der Waals surface area contributed by atoms with E-state index in [1.807, 2.05) is 32.0 Å². The molecule has 0 saturated carbocycles. The van der Waals surface area contributed by atoms with E-state index in [1.54, 1.807) is 12.4 Å². The van der Waals surface area contributed by atoms with Gasteiger partial charge in [-0.25, -0.2) is 4.98 Å².